The van der Waals surface area contributed by atoms with Gasteiger partial charge in [0.15, 0.2) is 0 Å². The second kappa shape index (κ2) is 8.70. The summed E-state index contributed by atoms with van der Waals surface area (Å²) >= 11 is 0. The van der Waals surface area contributed by atoms with Crippen LogP contribution < -0.4 is 10.1 Å². The van der Waals surface area contributed by atoms with E-state index in [1.807, 2.05) is 30.3 Å². The van der Waals surface area contributed by atoms with Crippen LogP contribution in [0.2, 0.25) is 0 Å². The average Bonchev–Trinajstić information content (AvgIpc) is 2.51. The highest BCUT2D eigenvalue weighted by Crippen LogP contribution is 2.23. The molecule has 0 bridgehead atoms. The van der Waals surface area contributed by atoms with Crippen LogP contribution in [0.1, 0.15) is 17.5 Å². The third kappa shape index (κ3) is 7.02. The monoisotopic (exact) mass is 338 g/mol. The van der Waals surface area contributed by atoms with Crippen molar-refractivity contribution in [1.82, 2.24) is 5.32 Å². The molecule has 0 spiro atoms. The summed E-state index contributed by atoms with van der Waals surface area (Å²) in [5.41, 5.74) is 1.71. The van der Waals surface area contributed by atoms with Crippen molar-refractivity contribution >= 4 is 0 Å². The van der Waals surface area contributed by atoms with Crippen LogP contribution in [-0.4, -0.2) is 18.0 Å². The normalized spacial score (nSPS) is 11.7. The molecule has 129 valence electrons. The molecule has 1 radical (unpaired) electrons. The quantitative estimate of drug-likeness (QED) is 0.709. The van der Waals surface area contributed by atoms with Gasteiger partial charge in [0.1, 0.15) is 5.75 Å². The molecule has 3 nitrogen and oxygen atoms in total. The number of aliphatic hydroxyl groups is 1. The van der Waals surface area contributed by atoms with Gasteiger partial charge in [-0.15, -0.1) is 13.2 Å². The maximum absolute atomic E-state index is 12.2. The van der Waals surface area contributed by atoms with Gasteiger partial charge in [-0.1, -0.05) is 42.5 Å². The van der Waals surface area contributed by atoms with Gasteiger partial charge in [-0.3, -0.25) is 0 Å². The second-order valence-electron chi connectivity index (χ2n) is 5.35. The molecule has 2 N–H and O–H groups in total. The Hall–Kier alpha value is -2.05. The van der Waals surface area contributed by atoms with Gasteiger partial charge in [0.2, 0.25) is 0 Å². The minimum Gasteiger partial charge on any atom is -0.406 e. The first-order valence-electron chi connectivity index (χ1n) is 7.55. The number of halogens is 3. The molecule has 2 aromatic rings. The van der Waals surface area contributed by atoms with E-state index in [2.05, 4.69) is 10.1 Å². The Morgan fingerprint density at radius 3 is 2.42 bits per heavy atom. The molecule has 0 heterocycles. The van der Waals surface area contributed by atoms with Crippen LogP contribution in [0.3, 0.4) is 0 Å². The lowest BCUT2D eigenvalue weighted by Crippen LogP contribution is -2.19. The van der Waals surface area contributed by atoms with Crippen molar-refractivity contribution < 1.29 is 23.0 Å². The van der Waals surface area contributed by atoms with Crippen LogP contribution in [0.5, 0.6) is 5.75 Å². The molecule has 0 saturated heterocycles. The lowest BCUT2D eigenvalue weighted by atomic mass is 10.1. The van der Waals surface area contributed by atoms with E-state index >= 15 is 0 Å². The molecule has 0 saturated carbocycles. The predicted octanol–water partition coefficient (Wildman–Crippen LogP) is 4.21. The Balaban J connectivity index is 1.71. The molecular weight excluding hydrogens is 319 g/mol. The molecule has 2 rings (SSSR count). The van der Waals surface area contributed by atoms with Gasteiger partial charge in [-0.05, 0) is 36.2 Å². The predicted molar refractivity (Wildman–Crippen MR) is 84.8 cm³/mol. The van der Waals surface area contributed by atoms with Gasteiger partial charge in [0, 0.05) is 13.0 Å². The Morgan fingerprint density at radius 1 is 1.00 bits per heavy atom. The fraction of sp³-hybridized carbons (Fsp3) is 0.278. The van der Waals surface area contributed by atoms with E-state index in [-0.39, 0.29) is 5.75 Å². The third-order valence-corrected chi connectivity index (χ3v) is 3.30. The third-order valence-electron chi connectivity index (χ3n) is 3.30. The minimum atomic E-state index is -4.69. The molecule has 0 atom stereocenters. The fourth-order valence-corrected chi connectivity index (χ4v) is 2.24. The van der Waals surface area contributed by atoms with E-state index in [1.54, 1.807) is 6.07 Å². The van der Waals surface area contributed by atoms with Crippen molar-refractivity contribution in [2.45, 2.75) is 25.7 Å². The number of hydrogen-bond acceptors (Lipinski definition) is 3. The molecule has 0 aliphatic heterocycles. The molecule has 24 heavy (non-hydrogen) atoms. The van der Waals surface area contributed by atoms with Crippen LogP contribution in [0, 0.1) is 6.10 Å². The zero-order valence-corrected chi connectivity index (χ0v) is 13.0. The minimum absolute atomic E-state index is 0.236. The molecule has 0 aromatic heterocycles. The number of benzene rings is 2. The zero-order valence-electron chi connectivity index (χ0n) is 13.0. The second-order valence-corrected chi connectivity index (χ2v) is 5.35. The van der Waals surface area contributed by atoms with Crippen LogP contribution in [0.15, 0.2) is 54.6 Å². The van der Waals surface area contributed by atoms with E-state index < -0.39 is 6.36 Å². The number of nitrogens with one attached hydrogen (secondary N) is 1. The number of aliphatic hydroxyl groups excluding tert-OH is 1. The highest BCUT2D eigenvalue weighted by molar-refractivity contribution is 5.28. The topological polar surface area (TPSA) is 41.5 Å². The zero-order chi connectivity index (χ0) is 17.4. The Morgan fingerprint density at radius 2 is 1.71 bits per heavy atom. The molecule has 0 aliphatic rings. The maximum Gasteiger partial charge on any atom is 0.573 e. The molecule has 0 unspecified atom stereocenters. The van der Waals surface area contributed by atoms with E-state index in [0.717, 1.165) is 5.56 Å². The number of hydrogen-bond donors (Lipinski definition) is 2. The van der Waals surface area contributed by atoms with Crippen molar-refractivity contribution in [3.05, 3.63) is 71.8 Å². The Labute approximate surface area is 139 Å². The average molecular weight is 338 g/mol. The van der Waals surface area contributed by atoms with Crippen LogP contribution in [0.4, 0.5) is 13.2 Å². The summed E-state index contributed by atoms with van der Waals surface area (Å²) in [4.78, 5) is 0. The summed E-state index contributed by atoms with van der Waals surface area (Å²) in [7, 11) is 0. The highest BCUT2D eigenvalue weighted by atomic mass is 19.4. The summed E-state index contributed by atoms with van der Waals surface area (Å²) in [5.74, 6) is -0.236. The van der Waals surface area contributed by atoms with Gasteiger partial charge in [0.25, 0.3) is 0 Å². The lowest BCUT2D eigenvalue weighted by Gasteiger charge is -2.12. The summed E-state index contributed by atoms with van der Waals surface area (Å²) in [6.45, 7) is 0.927. The van der Waals surface area contributed by atoms with Gasteiger partial charge in [-0.25, -0.2) is 0 Å². The van der Waals surface area contributed by atoms with Crippen molar-refractivity contribution in [3.63, 3.8) is 0 Å². The van der Waals surface area contributed by atoms with Gasteiger partial charge >= 0.3 is 6.36 Å². The van der Waals surface area contributed by atoms with E-state index in [1.165, 1.54) is 18.2 Å². The summed E-state index contributed by atoms with van der Waals surface area (Å²) < 4.78 is 40.4. The van der Waals surface area contributed by atoms with E-state index in [4.69, 9.17) is 0 Å². The van der Waals surface area contributed by atoms with Crippen molar-refractivity contribution in [1.29, 1.82) is 0 Å². The summed E-state index contributed by atoms with van der Waals surface area (Å²) in [6, 6.07) is 15.4. The first kappa shape index (κ1) is 18.3. The largest absolute Gasteiger partial charge is 0.573 e. The number of ether oxygens (including phenoxy) is 1. The van der Waals surface area contributed by atoms with Gasteiger partial charge in [0.05, 0.1) is 6.10 Å². The lowest BCUT2D eigenvalue weighted by molar-refractivity contribution is -0.274. The number of alkyl halides is 3. The SMILES string of the molecule is O[C](CCNCc1cccc(OC(F)(F)F)c1)Cc1ccccc1. The van der Waals surface area contributed by atoms with Crippen LogP contribution in [0.25, 0.3) is 0 Å². The molecule has 2 aromatic carbocycles. The number of rotatable bonds is 8. The maximum atomic E-state index is 12.2. The summed E-state index contributed by atoms with van der Waals surface area (Å²) in [5, 5.41) is 13.0. The van der Waals surface area contributed by atoms with Crippen molar-refractivity contribution in [3.8, 4) is 5.75 Å². The molecule has 0 fully saturated rings. The van der Waals surface area contributed by atoms with Crippen molar-refractivity contribution in [2.75, 3.05) is 6.54 Å². The molecule has 6 heteroatoms. The molecular formula is C18H19F3NO2. The van der Waals surface area contributed by atoms with E-state index in [0.29, 0.717) is 37.6 Å². The standard InChI is InChI=1S/C18H19F3NO2/c19-18(20,21)24-17-8-4-7-15(12-17)13-22-10-9-16(23)11-14-5-2-1-3-6-14/h1-8,12,22-23H,9-11,13H2. The van der Waals surface area contributed by atoms with Crippen LogP contribution >= 0.6 is 0 Å². The van der Waals surface area contributed by atoms with Gasteiger partial charge < -0.3 is 15.2 Å². The van der Waals surface area contributed by atoms with Gasteiger partial charge in [-0.2, -0.15) is 0 Å². The first-order chi connectivity index (χ1) is 11.4. The Bertz CT molecular complexity index is 617. The highest BCUT2D eigenvalue weighted by Gasteiger charge is 2.31. The summed E-state index contributed by atoms with van der Waals surface area (Å²) in [6.07, 6.45) is -3.35. The fourth-order valence-electron chi connectivity index (χ4n) is 2.24. The Kier molecular flexibility index (Phi) is 6.63. The van der Waals surface area contributed by atoms with Crippen LogP contribution in [-0.2, 0) is 13.0 Å². The first-order valence-corrected chi connectivity index (χ1v) is 7.55. The molecule has 0 amide bonds. The molecule has 0 aliphatic carbocycles. The smallest absolute Gasteiger partial charge is 0.406 e. The van der Waals surface area contributed by atoms with E-state index in [9.17, 15) is 18.3 Å². The van der Waals surface area contributed by atoms with Crippen molar-refractivity contribution in [2.24, 2.45) is 0 Å².